The van der Waals surface area contributed by atoms with E-state index in [4.69, 9.17) is 9.47 Å². The Morgan fingerprint density at radius 1 is 1.37 bits per heavy atom. The fraction of sp³-hybridized carbons (Fsp3) is 0.786. The third kappa shape index (κ3) is 2.68. The summed E-state index contributed by atoms with van der Waals surface area (Å²) in [5.74, 6) is -0.332. The molecule has 2 aliphatic rings. The smallest absolute Gasteiger partial charge is 0.181 e. The van der Waals surface area contributed by atoms with Crippen molar-refractivity contribution >= 4 is 0 Å². The van der Waals surface area contributed by atoms with E-state index in [1.54, 1.807) is 0 Å². The summed E-state index contributed by atoms with van der Waals surface area (Å²) in [6.45, 7) is 8.74. The maximum absolute atomic E-state index is 5.82. The molecule has 3 rings (SSSR count). The molecule has 0 radical (unpaired) electrons. The first-order valence-corrected chi connectivity index (χ1v) is 7.19. The van der Waals surface area contributed by atoms with Gasteiger partial charge in [0.25, 0.3) is 0 Å². The van der Waals surface area contributed by atoms with Gasteiger partial charge in [-0.1, -0.05) is 0 Å². The molecule has 0 atom stereocenters. The molecule has 0 saturated carbocycles. The Hall–Kier alpha value is -0.910. The number of nitrogens with zero attached hydrogens (tertiary/aromatic N) is 3. The van der Waals surface area contributed by atoms with Gasteiger partial charge in [0.15, 0.2) is 5.79 Å². The minimum absolute atomic E-state index is 0.332. The van der Waals surface area contributed by atoms with Gasteiger partial charge in [0.05, 0.1) is 31.8 Å². The molecule has 1 spiro atoms. The van der Waals surface area contributed by atoms with Gasteiger partial charge in [-0.2, -0.15) is 0 Å². The number of likely N-dealkylation sites (tertiary alicyclic amines) is 1. The SMILES string of the molecule is CC(C)n1cncc1CN1CCCC2(C1)OCCO2. The maximum Gasteiger partial charge on any atom is 0.181 e. The van der Waals surface area contributed by atoms with Crippen LogP contribution in [0.15, 0.2) is 12.5 Å². The fourth-order valence-electron chi connectivity index (χ4n) is 3.09. The van der Waals surface area contributed by atoms with E-state index in [0.29, 0.717) is 6.04 Å². The number of ether oxygens (including phenoxy) is 2. The van der Waals surface area contributed by atoms with E-state index in [1.165, 1.54) is 5.69 Å². The normalized spacial score (nSPS) is 23.5. The first kappa shape index (κ1) is 13.1. The highest BCUT2D eigenvalue weighted by Crippen LogP contribution is 2.30. The first-order chi connectivity index (χ1) is 9.19. The Bertz CT molecular complexity index is 424. The summed E-state index contributed by atoms with van der Waals surface area (Å²) in [7, 11) is 0. The number of aromatic nitrogens is 2. The number of hydrogen-bond donors (Lipinski definition) is 0. The molecule has 5 nitrogen and oxygen atoms in total. The summed E-state index contributed by atoms with van der Waals surface area (Å²) in [5, 5.41) is 0. The van der Waals surface area contributed by atoms with Gasteiger partial charge in [0.2, 0.25) is 0 Å². The predicted molar refractivity (Wildman–Crippen MR) is 71.8 cm³/mol. The highest BCUT2D eigenvalue weighted by molar-refractivity contribution is 5.01. The fourth-order valence-corrected chi connectivity index (χ4v) is 3.09. The summed E-state index contributed by atoms with van der Waals surface area (Å²) in [6.07, 6.45) is 6.04. The van der Waals surface area contributed by atoms with E-state index in [0.717, 1.165) is 45.7 Å². The van der Waals surface area contributed by atoms with Gasteiger partial charge < -0.3 is 14.0 Å². The van der Waals surface area contributed by atoms with Crippen molar-refractivity contribution in [3.8, 4) is 0 Å². The van der Waals surface area contributed by atoms with Gasteiger partial charge >= 0.3 is 0 Å². The number of piperidine rings is 1. The van der Waals surface area contributed by atoms with Crippen molar-refractivity contribution in [1.29, 1.82) is 0 Å². The molecule has 106 valence electrons. The second-order valence-corrected chi connectivity index (χ2v) is 5.81. The van der Waals surface area contributed by atoms with Crippen molar-refractivity contribution in [1.82, 2.24) is 14.5 Å². The van der Waals surface area contributed by atoms with E-state index >= 15 is 0 Å². The van der Waals surface area contributed by atoms with Crippen molar-refractivity contribution in [3.63, 3.8) is 0 Å². The lowest BCUT2D eigenvalue weighted by molar-refractivity contribution is -0.190. The van der Waals surface area contributed by atoms with Crippen molar-refractivity contribution in [3.05, 3.63) is 18.2 Å². The minimum Gasteiger partial charge on any atom is -0.346 e. The van der Waals surface area contributed by atoms with Gasteiger partial charge in [-0.05, 0) is 26.8 Å². The maximum atomic E-state index is 5.82. The van der Waals surface area contributed by atoms with Gasteiger partial charge in [0.1, 0.15) is 0 Å². The summed E-state index contributed by atoms with van der Waals surface area (Å²) in [5.41, 5.74) is 1.27. The lowest BCUT2D eigenvalue weighted by atomic mass is 10.0. The molecule has 0 unspecified atom stereocenters. The molecular weight excluding hydrogens is 242 g/mol. The highest BCUT2D eigenvalue weighted by Gasteiger charge is 2.40. The summed E-state index contributed by atoms with van der Waals surface area (Å²) >= 11 is 0. The molecule has 2 aliphatic heterocycles. The Labute approximate surface area is 114 Å². The zero-order valence-corrected chi connectivity index (χ0v) is 11.8. The summed E-state index contributed by atoms with van der Waals surface area (Å²) in [4.78, 5) is 6.69. The van der Waals surface area contributed by atoms with Crippen LogP contribution in [-0.2, 0) is 16.0 Å². The van der Waals surface area contributed by atoms with Crippen LogP contribution >= 0.6 is 0 Å². The molecule has 0 aromatic carbocycles. The molecular formula is C14H23N3O2. The predicted octanol–water partition coefficient (Wildman–Crippen LogP) is 1.80. The van der Waals surface area contributed by atoms with E-state index < -0.39 is 0 Å². The minimum atomic E-state index is -0.332. The van der Waals surface area contributed by atoms with Crippen LogP contribution in [0.2, 0.25) is 0 Å². The molecule has 5 heteroatoms. The van der Waals surface area contributed by atoms with Crippen LogP contribution < -0.4 is 0 Å². The monoisotopic (exact) mass is 265 g/mol. The molecule has 0 N–H and O–H groups in total. The first-order valence-electron chi connectivity index (χ1n) is 7.19. The molecule has 2 fully saturated rings. The lowest BCUT2D eigenvalue weighted by Crippen LogP contribution is -2.48. The van der Waals surface area contributed by atoms with Gasteiger partial charge in [-0.15, -0.1) is 0 Å². The van der Waals surface area contributed by atoms with Gasteiger partial charge in [-0.25, -0.2) is 4.98 Å². The van der Waals surface area contributed by atoms with Crippen molar-refractivity contribution in [2.45, 2.75) is 45.1 Å². The highest BCUT2D eigenvalue weighted by atomic mass is 16.7. The van der Waals surface area contributed by atoms with Crippen molar-refractivity contribution in [2.75, 3.05) is 26.3 Å². The van der Waals surface area contributed by atoms with Crippen molar-refractivity contribution in [2.24, 2.45) is 0 Å². The van der Waals surface area contributed by atoms with E-state index in [9.17, 15) is 0 Å². The third-order valence-corrected chi connectivity index (χ3v) is 4.00. The Kier molecular flexibility index (Phi) is 3.60. The van der Waals surface area contributed by atoms with Gasteiger partial charge in [-0.3, -0.25) is 4.90 Å². The second-order valence-electron chi connectivity index (χ2n) is 5.81. The Morgan fingerprint density at radius 3 is 2.89 bits per heavy atom. The molecule has 0 bridgehead atoms. The van der Waals surface area contributed by atoms with Crippen LogP contribution in [0, 0.1) is 0 Å². The molecule has 0 aliphatic carbocycles. The molecule has 0 amide bonds. The average molecular weight is 265 g/mol. The zero-order chi connectivity index (χ0) is 13.3. The van der Waals surface area contributed by atoms with E-state index in [2.05, 4.69) is 28.3 Å². The molecule has 19 heavy (non-hydrogen) atoms. The van der Waals surface area contributed by atoms with E-state index in [-0.39, 0.29) is 5.79 Å². The van der Waals surface area contributed by atoms with Crippen LogP contribution in [-0.4, -0.2) is 46.5 Å². The summed E-state index contributed by atoms with van der Waals surface area (Å²) in [6, 6.07) is 0.454. The zero-order valence-electron chi connectivity index (χ0n) is 11.8. The molecule has 1 aromatic rings. The van der Waals surface area contributed by atoms with Crippen molar-refractivity contribution < 1.29 is 9.47 Å². The molecule has 2 saturated heterocycles. The largest absolute Gasteiger partial charge is 0.346 e. The number of hydrogen-bond acceptors (Lipinski definition) is 4. The summed E-state index contributed by atoms with van der Waals surface area (Å²) < 4.78 is 13.9. The van der Waals surface area contributed by atoms with Crippen LogP contribution in [0.4, 0.5) is 0 Å². The Morgan fingerprint density at radius 2 is 2.16 bits per heavy atom. The van der Waals surface area contributed by atoms with E-state index in [1.807, 2.05) is 12.5 Å². The quantitative estimate of drug-likeness (QED) is 0.835. The molecule has 1 aromatic heterocycles. The standard InChI is InChI=1S/C14H23N3O2/c1-12(2)17-11-15-8-13(17)9-16-5-3-4-14(10-16)18-6-7-19-14/h8,11-12H,3-7,9-10H2,1-2H3. The lowest BCUT2D eigenvalue weighted by Gasteiger charge is -2.38. The van der Waals surface area contributed by atoms with Crippen LogP contribution in [0.25, 0.3) is 0 Å². The van der Waals surface area contributed by atoms with Gasteiger partial charge in [0, 0.05) is 25.2 Å². The number of imidazole rings is 1. The molecule has 3 heterocycles. The second kappa shape index (κ2) is 5.23. The topological polar surface area (TPSA) is 39.5 Å². The van der Waals surface area contributed by atoms with Crippen LogP contribution in [0.3, 0.4) is 0 Å². The Balaban J connectivity index is 1.67. The third-order valence-electron chi connectivity index (χ3n) is 4.00. The van der Waals surface area contributed by atoms with Crippen LogP contribution in [0.5, 0.6) is 0 Å². The average Bonchev–Trinajstić information content (AvgIpc) is 2.99. The number of rotatable bonds is 3. The van der Waals surface area contributed by atoms with Crippen LogP contribution in [0.1, 0.15) is 38.4 Å².